The lowest BCUT2D eigenvalue weighted by Gasteiger charge is -2.28. The number of nitrogens with two attached hydrogens (primary N) is 1. The molecule has 0 unspecified atom stereocenters. The fourth-order valence-electron chi connectivity index (χ4n) is 1.43. The van der Waals surface area contributed by atoms with Crippen LogP contribution in [0.1, 0.15) is 30.1 Å². The Morgan fingerprint density at radius 1 is 1.59 bits per heavy atom. The van der Waals surface area contributed by atoms with Crippen LogP contribution in [0.25, 0.3) is 0 Å². The van der Waals surface area contributed by atoms with Crippen LogP contribution in [0.15, 0.2) is 10.6 Å². The van der Waals surface area contributed by atoms with Gasteiger partial charge in [-0.1, -0.05) is 19.0 Å². The van der Waals surface area contributed by atoms with E-state index in [0.717, 1.165) is 0 Å². The van der Waals surface area contributed by atoms with E-state index in [1.807, 2.05) is 13.8 Å². The SMILES string of the molecule is Cc1cc(C(=O)N(C)CC(C)(C)CN)on1.Cl. The van der Waals surface area contributed by atoms with Crippen LogP contribution >= 0.6 is 12.4 Å². The van der Waals surface area contributed by atoms with Crippen molar-refractivity contribution in [2.45, 2.75) is 20.8 Å². The third-order valence-corrected chi connectivity index (χ3v) is 2.40. The quantitative estimate of drug-likeness (QED) is 0.891. The highest BCUT2D eigenvalue weighted by atomic mass is 35.5. The molecule has 1 rings (SSSR count). The number of aryl methyl sites for hydroxylation is 1. The molecule has 17 heavy (non-hydrogen) atoms. The third-order valence-electron chi connectivity index (χ3n) is 2.40. The molecule has 0 aliphatic rings. The van der Waals surface area contributed by atoms with Crippen LogP contribution in [0.2, 0.25) is 0 Å². The third kappa shape index (κ3) is 4.36. The molecule has 0 saturated carbocycles. The van der Waals surface area contributed by atoms with Crippen LogP contribution in [-0.4, -0.2) is 36.1 Å². The molecule has 5 nitrogen and oxygen atoms in total. The molecule has 0 aliphatic carbocycles. The van der Waals surface area contributed by atoms with Crippen molar-refractivity contribution >= 4 is 18.3 Å². The molecular formula is C11H20ClN3O2. The molecule has 2 N–H and O–H groups in total. The van der Waals surface area contributed by atoms with E-state index in [0.29, 0.717) is 18.8 Å². The van der Waals surface area contributed by atoms with E-state index in [1.165, 1.54) is 0 Å². The summed E-state index contributed by atoms with van der Waals surface area (Å²) in [6.45, 7) is 6.93. The van der Waals surface area contributed by atoms with Crippen LogP contribution in [0.5, 0.6) is 0 Å². The highest BCUT2D eigenvalue weighted by Crippen LogP contribution is 2.15. The Bertz CT molecular complexity index is 377. The molecule has 0 saturated heterocycles. The largest absolute Gasteiger partial charge is 0.351 e. The van der Waals surface area contributed by atoms with Gasteiger partial charge in [-0.15, -0.1) is 12.4 Å². The van der Waals surface area contributed by atoms with Crippen molar-refractivity contribution in [2.24, 2.45) is 11.1 Å². The molecule has 0 bridgehead atoms. The van der Waals surface area contributed by atoms with Crippen LogP contribution < -0.4 is 5.73 Å². The van der Waals surface area contributed by atoms with Gasteiger partial charge in [0.15, 0.2) is 0 Å². The maximum absolute atomic E-state index is 11.9. The molecule has 1 amide bonds. The number of carbonyl (C=O) groups is 1. The van der Waals surface area contributed by atoms with E-state index >= 15 is 0 Å². The van der Waals surface area contributed by atoms with Crippen LogP contribution in [0, 0.1) is 12.3 Å². The summed E-state index contributed by atoms with van der Waals surface area (Å²) >= 11 is 0. The zero-order chi connectivity index (χ0) is 12.3. The molecule has 0 atom stereocenters. The van der Waals surface area contributed by atoms with Gasteiger partial charge >= 0.3 is 0 Å². The first-order valence-electron chi connectivity index (χ1n) is 5.24. The van der Waals surface area contributed by atoms with Crippen molar-refractivity contribution in [3.8, 4) is 0 Å². The summed E-state index contributed by atoms with van der Waals surface area (Å²) in [4.78, 5) is 13.5. The van der Waals surface area contributed by atoms with Crippen molar-refractivity contribution in [2.75, 3.05) is 20.1 Å². The van der Waals surface area contributed by atoms with E-state index < -0.39 is 0 Å². The topological polar surface area (TPSA) is 72.4 Å². The Morgan fingerprint density at radius 2 is 2.18 bits per heavy atom. The first-order valence-corrected chi connectivity index (χ1v) is 5.24. The molecule has 0 spiro atoms. The van der Waals surface area contributed by atoms with Gasteiger partial charge < -0.3 is 15.2 Å². The Morgan fingerprint density at radius 3 is 2.59 bits per heavy atom. The predicted octanol–water partition coefficient (Wildman–Crippen LogP) is 1.46. The zero-order valence-electron chi connectivity index (χ0n) is 10.7. The van der Waals surface area contributed by atoms with Gasteiger partial charge in [0.2, 0.25) is 5.76 Å². The number of carbonyl (C=O) groups excluding carboxylic acids is 1. The maximum Gasteiger partial charge on any atom is 0.292 e. The molecule has 1 aromatic rings. The summed E-state index contributed by atoms with van der Waals surface area (Å²) < 4.78 is 4.92. The van der Waals surface area contributed by atoms with E-state index in [1.54, 1.807) is 24.9 Å². The van der Waals surface area contributed by atoms with Crippen LogP contribution in [0.3, 0.4) is 0 Å². The summed E-state index contributed by atoms with van der Waals surface area (Å²) in [6.07, 6.45) is 0. The molecule has 0 aromatic carbocycles. The monoisotopic (exact) mass is 261 g/mol. The second kappa shape index (κ2) is 6.02. The van der Waals surface area contributed by atoms with E-state index in [2.05, 4.69) is 5.16 Å². The van der Waals surface area contributed by atoms with Gasteiger partial charge in [-0.3, -0.25) is 4.79 Å². The van der Waals surface area contributed by atoms with Gasteiger partial charge in [0.25, 0.3) is 5.91 Å². The molecule has 0 fully saturated rings. The second-order valence-electron chi connectivity index (χ2n) is 4.86. The average molecular weight is 262 g/mol. The lowest BCUT2D eigenvalue weighted by molar-refractivity contribution is 0.0699. The molecular weight excluding hydrogens is 242 g/mol. The summed E-state index contributed by atoms with van der Waals surface area (Å²) in [5, 5.41) is 3.69. The van der Waals surface area contributed by atoms with Crippen LogP contribution in [-0.2, 0) is 0 Å². The number of aromatic nitrogens is 1. The highest BCUT2D eigenvalue weighted by molar-refractivity contribution is 5.91. The van der Waals surface area contributed by atoms with Crippen molar-refractivity contribution in [1.29, 1.82) is 0 Å². The predicted molar refractivity (Wildman–Crippen MR) is 68.3 cm³/mol. The van der Waals surface area contributed by atoms with Gasteiger partial charge in [0, 0.05) is 19.7 Å². The van der Waals surface area contributed by atoms with Crippen molar-refractivity contribution in [3.63, 3.8) is 0 Å². The standard InChI is InChI=1S/C11H19N3O2.ClH/c1-8-5-9(16-13-8)10(15)14(4)7-11(2,3)6-12;/h5H,6-7,12H2,1-4H3;1H. The van der Waals surface area contributed by atoms with Gasteiger partial charge in [-0.05, 0) is 18.9 Å². The van der Waals surface area contributed by atoms with Gasteiger partial charge in [0.05, 0.1) is 5.69 Å². The number of hydrogen-bond acceptors (Lipinski definition) is 4. The van der Waals surface area contributed by atoms with Gasteiger partial charge in [-0.2, -0.15) is 0 Å². The van der Waals surface area contributed by atoms with Gasteiger partial charge in [-0.25, -0.2) is 0 Å². The maximum atomic E-state index is 11.9. The summed E-state index contributed by atoms with van der Waals surface area (Å²) in [5.74, 6) is 0.106. The zero-order valence-corrected chi connectivity index (χ0v) is 11.5. The molecule has 98 valence electrons. The van der Waals surface area contributed by atoms with E-state index in [-0.39, 0.29) is 29.5 Å². The Hall–Kier alpha value is -1.07. The number of rotatable bonds is 4. The molecule has 0 radical (unpaired) electrons. The number of amides is 1. The number of hydrogen-bond donors (Lipinski definition) is 1. The molecule has 1 aromatic heterocycles. The van der Waals surface area contributed by atoms with E-state index in [9.17, 15) is 4.79 Å². The Kier molecular flexibility index (Phi) is 5.64. The smallest absolute Gasteiger partial charge is 0.292 e. The molecule has 0 aliphatic heterocycles. The minimum Gasteiger partial charge on any atom is -0.351 e. The summed E-state index contributed by atoms with van der Waals surface area (Å²) in [5.41, 5.74) is 6.23. The van der Waals surface area contributed by atoms with Crippen LogP contribution in [0.4, 0.5) is 0 Å². The second-order valence-corrected chi connectivity index (χ2v) is 4.86. The number of nitrogens with zero attached hydrogens (tertiary/aromatic N) is 2. The lowest BCUT2D eigenvalue weighted by atomic mass is 9.93. The first kappa shape index (κ1) is 15.9. The number of halogens is 1. The first-order chi connectivity index (χ1) is 7.35. The molecule has 6 heteroatoms. The molecule has 1 heterocycles. The highest BCUT2D eigenvalue weighted by Gasteiger charge is 2.23. The summed E-state index contributed by atoms with van der Waals surface area (Å²) in [6, 6.07) is 1.63. The van der Waals surface area contributed by atoms with Gasteiger partial charge in [0.1, 0.15) is 0 Å². The van der Waals surface area contributed by atoms with Crippen molar-refractivity contribution in [1.82, 2.24) is 10.1 Å². The van der Waals surface area contributed by atoms with Crippen molar-refractivity contribution in [3.05, 3.63) is 17.5 Å². The Balaban J connectivity index is 0.00000256. The summed E-state index contributed by atoms with van der Waals surface area (Å²) in [7, 11) is 1.73. The van der Waals surface area contributed by atoms with Crippen molar-refractivity contribution < 1.29 is 9.32 Å². The Labute approximate surface area is 108 Å². The lowest BCUT2D eigenvalue weighted by Crippen LogP contribution is -2.39. The minimum atomic E-state index is -0.165. The van der Waals surface area contributed by atoms with E-state index in [4.69, 9.17) is 10.3 Å². The fourth-order valence-corrected chi connectivity index (χ4v) is 1.43. The average Bonchev–Trinajstić information content (AvgIpc) is 2.63. The minimum absolute atomic E-state index is 0. The fraction of sp³-hybridized carbons (Fsp3) is 0.636. The normalized spacial score (nSPS) is 10.9.